The van der Waals surface area contributed by atoms with Crippen LogP contribution in [-0.2, 0) is 0 Å². The lowest BCUT2D eigenvalue weighted by molar-refractivity contribution is 0.0745. The number of anilines is 1. The van der Waals surface area contributed by atoms with Crippen LogP contribution in [0.1, 0.15) is 21.7 Å². The first-order valence-electron chi connectivity index (χ1n) is 7.79. The zero-order valence-electron chi connectivity index (χ0n) is 13.4. The van der Waals surface area contributed by atoms with Gasteiger partial charge in [0.2, 0.25) is 0 Å². The third kappa shape index (κ3) is 3.18. The quantitative estimate of drug-likeness (QED) is 0.855. The molecular formula is C18H20FN3O. The predicted molar refractivity (Wildman–Crippen MR) is 88.2 cm³/mol. The maximum absolute atomic E-state index is 13.9. The minimum atomic E-state index is -0.217. The summed E-state index contributed by atoms with van der Waals surface area (Å²) >= 11 is 0. The average molecular weight is 313 g/mol. The van der Waals surface area contributed by atoms with Gasteiger partial charge in [-0.3, -0.25) is 9.78 Å². The SMILES string of the molecule is Cc1ccc(C(=O)N2CCN(c3ccccc3F)CC2)c(C)n1. The first kappa shape index (κ1) is 15.5. The molecule has 0 radical (unpaired) electrons. The minimum Gasteiger partial charge on any atom is -0.366 e. The molecule has 0 spiro atoms. The topological polar surface area (TPSA) is 36.4 Å². The van der Waals surface area contributed by atoms with Crippen molar-refractivity contribution >= 4 is 11.6 Å². The van der Waals surface area contributed by atoms with E-state index in [0.29, 0.717) is 37.4 Å². The molecule has 5 heteroatoms. The number of aryl methyl sites for hydroxylation is 2. The lowest BCUT2D eigenvalue weighted by atomic mass is 10.1. The van der Waals surface area contributed by atoms with Gasteiger partial charge in [0.05, 0.1) is 16.9 Å². The average Bonchev–Trinajstić information content (AvgIpc) is 2.55. The van der Waals surface area contributed by atoms with Gasteiger partial charge in [-0.2, -0.15) is 0 Å². The number of hydrogen-bond acceptors (Lipinski definition) is 3. The van der Waals surface area contributed by atoms with E-state index in [2.05, 4.69) is 4.98 Å². The third-order valence-electron chi connectivity index (χ3n) is 4.22. The Labute approximate surface area is 135 Å². The second-order valence-electron chi connectivity index (χ2n) is 5.82. The molecule has 1 fully saturated rings. The summed E-state index contributed by atoms with van der Waals surface area (Å²) in [6.45, 7) is 6.20. The van der Waals surface area contributed by atoms with Crippen LogP contribution in [0.4, 0.5) is 10.1 Å². The molecule has 0 saturated carbocycles. The van der Waals surface area contributed by atoms with Gasteiger partial charge in [0.1, 0.15) is 5.82 Å². The molecule has 0 atom stereocenters. The van der Waals surface area contributed by atoms with Gasteiger partial charge in [-0.05, 0) is 38.1 Å². The zero-order valence-corrected chi connectivity index (χ0v) is 13.4. The number of halogens is 1. The lowest BCUT2D eigenvalue weighted by Crippen LogP contribution is -2.49. The van der Waals surface area contributed by atoms with Crippen molar-refractivity contribution in [2.45, 2.75) is 13.8 Å². The minimum absolute atomic E-state index is 0.00295. The Balaban J connectivity index is 1.69. The fourth-order valence-electron chi connectivity index (χ4n) is 2.94. The molecule has 1 saturated heterocycles. The number of pyridine rings is 1. The second-order valence-corrected chi connectivity index (χ2v) is 5.82. The first-order valence-corrected chi connectivity index (χ1v) is 7.79. The zero-order chi connectivity index (χ0) is 16.4. The summed E-state index contributed by atoms with van der Waals surface area (Å²) in [4.78, 5) is 20.8. The molecule has 0 bridgehead atoms. The van der Waals surface area contributed by atoms with Crippen molar-refractivity contribution < 1.29 is 9.18 Å². The number of amides is 1. The Bertz CT molecular complexity index is 724. The van der Waals surface area contributed by atoms with E-state index in [1.807, 2.05) is 41.8 Å². The number of nitrogens with zero attached hydrogens (tertiary/aromatic N) is 3. The van der Waals surface area contributed by atoms with Crippen molar-refractivity contribution in [1.29, 1.82) is 0 Å². The number of hydrogen-bond donors (Lipinski definition) is 0. The normalized spacial score (nSPS) is 14.9. The van der Waals surface area contributed by atoms with E-state index in [1.54, 1.807) is 12.1 Å². The van der Waals surface area contributed by atoms with Crippen molar-refractivity contribution in [3.05, 3.63) is 59.2 Å². The Hall–Kier alpha value is -2.43. The molecule has 1 amide bonds. The Kier molecular flexibility index (Phi) is 4.28. The Morgan fingerprint density at radius 3 is 2.39 bits per heavy atom. The van der Waals surface area contributed by atoms with Gasteiger partial charge in [0, 0.05) is 31.9 Å². The summed E-state index contributed by atoms with van der Waals surface area (Å²) in [7, 11) is 0. The van der Waals surface area contributed by atoms with E-state index in [1.165, 1.54) is 6.07 Å². The van der Waals surface area contributed by atoms with Crippen LogP contribution in [-0.4, -0.2) is 42.0 Å². The maximum atomic E-state index is 13.9. The van der Waals surface area contributed by atoms with Gasteiger partial charge < -0.3 is 9.80 Å². The highest BCUT2D eigenvalue weighted by molar-refractivity contribution is 5.95. The molecule has 3 rings (SSSR count). The highest BCUT2D eigenvalue weighted by atomic mass is 19.1. The molecule has 1 aromatic carbocycles. The molecule has 0 unspecified atom stereocenters. The molecule has 120 valence electrons. The van der Waals surface area contributed by atoms with Crippen LogP contribution in [0.3, 0.4) is 0 Å². The number of benzene rings is 1. The fourth-order valence-corrected chi connectivity index (χ4v) is 2.94. The highest BCUT2D eigenvalue weighted by Gasteiger charge is 2.24. The summed E-state index contributed by atoms with van der Waals surface area (Å²) in [5.41, 5.74) is 2.91. The summed E-state index contributed by atoms with van der Waals surface area (Å²) in [6, 6.07) is 10.5. The van der Waals surface area contributed by atoms with Gasteiger partial charge >= 0.3 is 0 Å². The van der Waals surface area contributed by atoms with Crippen molar-refractivity contribution in [2.24, 2.45) is 0 Å². The molecule has 0 N–H and O–H groups in total. The monoisotopic (exact) mass is 313 g/mol. The molecule has 1 aliphatic rings. The lowest BCUT2D eigenvalue weighted by Gasteiger charge is -2.36. The van der Waals surface area contributed by atoms with Crippen molar-refractivity contribution in [3.8, 4) is 0 Å². The van der Waals surface area contributed by atoms with Gasteiger partial charge in [0.25, 0.3) is 5.91 Å². The number of carbonyl (C=O) groups is 1. The van der Waals surface area contributed by atoms with E-state index in [4.69, 9.17) is 0 Å². The van der Waals surface area contributed by atoms with Crippen LogP contribution in [0.25, 0.3) is 0 Å². The van der Waals surface area contributed by atoms with E-state index in [-0.39, 0.29) is 11.7 Å². The van der Waals surface area contributed by atoms with Crippen LogP contribution in [0.5, 0.6) is 0 Å². The number of piperazine rings is 1. The number of aromatic nitrogens is 1. The van der Waals surface area contributed by atoms with Crippen molar-refractivity contribution in [1.82, 2.24) is 9.88 Å². The smallest absolute Gasteiger partial charge is 0.255 e. The third-order valence-corrected chi connectivity index (χ3v) is 4.22. The maximum Gasteiger partial charge on any atom is 0.255 e. The van der Waals surface area contributed by atoms with Crippen molar-refractivity contribution in [3.63, 3.8) is 0 Å². The van der Waals surface area contributed by atoms with Gasteiger partial charge in [0.15, 0.2) is 0 Å². The molecule has 4 nitrogen and oxygen atoms in total. The molecule has 1 aromatic heterocycles. The van der Waals surface area contributed by atoms with Crippen LogP contribution in [0, 0.1) is 19.7 Å². The number of rotatable bonds is 2. The molecule has 1 aliphatic heterocycles. The van der Waals surface area contributed by atoms with E-state index < -0.39 is 0 Å². The molecule has 2 aromatic rings. The van der Waals surface area contributed by atoms with Gasteiger partial charge in [-0.1, -0.05) is 12.1 Å². The molecular weight excluding hydrogens is 293 g/mol. The van der Waals surface area contributed by atoms with Crippen LogP contribution < -0.4 is 4.90 Å². The number of para-hydroxylation sites is 1. The first-order chi connectivity index (χ1) is 11.1. The largest absolute Gasteiger partial charge is 0.366 e. The molecule has 0 aliphatic carbocycles. The van der Waals surface area contributed by atoms with Crippen LogP contribution in [0.2, 0.25) is 0 Å². The Morgan fingerprint density at radius 2 is 1.74 bits per heavy atom. The van der Waals surface area contributed by atoms with E-state index in [9.17, 15) is 9.18 Å². The van der Waals surface area contributed by atoms with E-state index >= 15 is 0 Å². The standard InChI is InChI=1S/C18H20FN3O/c1-13-7-8-15(14(2)20-13)18(23)22-11-9-21(10-12-22)17-6-4-3-5-16(17)19/h3-8H,9-12H2,1-2H3. The summed E-state index contributed by atoms with van der Waals surface area (Å²) in [6.07, 6.45) is 0. The van der Waals surface area contributed by atoms with E-state index in [0.717, 1.165) is 11.4 Å². The van der Waals surface area contributed by atoms with Crippen LogP contribution >= 0.6 is 0 Å². The summed E-state index contributed by atoms with van der Waals surface area (Å²) in [5.74, 6) is -0.214. The molecule has 23 heavy (non-hydrogen) atoms. The van der Waals surface area contributed by atoms with Gasteiger partial charge in [-0.25, -0.2) is 4.39 Å². The predicted octanol–water partition coefficient (Wildman–Crippen LogP) is 2.80. The number of carbonyl (C=O) groups excluding carboxylic acids is 1. The summed E-state index contributed by atoms with van der Waals surface area (Å²) in [5, 5.41) is 0. The van der Waals surface area contributed by atoms with Crippen LogP contribution in [0.15, 0.2) is 36.4 Å². The second kappa shape index (κ2) is 6.36. The Morgan fingerprint density at radius 1 is 1.04 bits per heavy atom. The summed E-state index contributed by atoms with van der Waals surface area (Å²) < 4.78 is 13.9. The molecule has 2 heterocycles. The van der Waals surface area contributed by atoms with Gasteiger partial charge in [-0.15, -0.1) is 0 Å². The fraction of sp³-hybridized carbons (Fsp3) is 0.333. The highest BCUT2D eigenvalue weighted by Crippen LogP contribution is 2.21. The van der Waals surface area contributed by atoms with Crippen molar-refractivity contribution in [2.75, 3.05) is 31.1 Å².